The summed E-state index contributed by atoms with van der Waals surface area (Å²) in [5, 5.41) is 0. The standard InChI is InChI=1S/C9H9F4NO3S/c10-7-3-6(1-2-8(7)14)18(15,16)5-17-4-9(11,12)13/h1-3H,4-5,14H2. The minimum atomic E-state index is -4.62. The summed E-state index contributed by atoms with van der Waals surface area (Å²) in [7, 11) is -4.14. The lowest BCUT2D eigenvalue weighted by molar-refractivity contribution is -0.169. The predicted molar refractivity (Wildman–Crippen MR) is 54.9 cm³/mol. The van der Waals surface area contributed by atoms with Gasteiger partial charge in [-0.2, -0.15) is 13.2 Å². The molecule has 0 radical (unpaired) electrons. The molecule has 0 heterocycles. The molecule has 0 atom stereocenters. The van der Waals surface area contributed by atoms with Gasteiger partial charge in [0.1, 0.15) is 12.4 Å². The predicted octanol–water partition coefficient (Wildman–Crippen LogP) is 1.72. The van der Waals surface area contributed by atoms with E-state index in [-0.39, 0.29) is 5.69 Å². The molecule has 0 fully saturated rings. The quantitative estimate of drug-likeness (QED) is 0.676. The van der Waals surface area contributed by atoms with Crippen LogP contribution in [-0.2, 0) is 14.6 Å². The first kappa shape index (κ1) is 14.7. The Balaban J connectivity index is 2.77. The van der Waals surface area contributed by atoms with Gasteiger partial charge in [0, 0.05) is 0 Å². The summed E-state index contributed by atoms with van der Waals surface area (Å²) < 4.78 is 75.3. The Morgan fingerprint density at radius 2 is 1.89 bits per heavy atom. The molecule has 0 aliphatic heterocycles. The second kappa shape index (κ2) is 5.11. The van der Waals surface area contributed by atoms with Gasteiger partial charge in [-0.25, -0.2) is 12.8 Å². The summed E-state index contributed by atoms with van der Waals surface area (Å²) in [4.78, 5) is -0.489. The lowest BCUT2D eigenvalue weighted by Gasteiger charge is -2.08. The first-order valence-corrected chi connectivity index (χ1v) is 6.19. The van der Waals surface area contributed by atoms with E-state index in [9.17, 15) is 26.0 Å². The number of rotatable bonds is 4. The van der Waals surface area contributed by atoms with Gasteiger partial charge in [0.2, 0.25) is 9.84 Å². The molecule has 4 nitrogen and oxygen atoms in total. The monoisotopic (exact) mass is 287 g/mol. The maximum atomic E-state index is 13.0. The number of ether oxygens (including phenoxy) is 1. The zero-order valence-electron chi connectivity index (χ0n) is 8.87. The normalized spacial score (nSPS) is 12.7. The number of anilines is 1. The number of sulfone groups is 1. The number of hydrogen-bond acceptors (Lipinski definition) is 4. The Labute approximate surface area is 100 Å². The molecule has 102 valence electrons. The molecule has 0 spiro atoms. The molecule has 18 heavy (non-hydrogen) atoms. The van der Waals surface area contributed by atoms with Crippen LogP contribution >= 0.6 is 0 Å². The number of benzene rings is 1. The van der Waals surface area contributed by atoms with E-state index in [1.165, 1.54) is 0 Å². The van der Waals surface area contributed by atoms with Gasteiger partial charge in [0.05, 0.1) is 10.6 Å². The van der Waals surface area contributed by atoms with Gasteiger partial charge in [0.25, 0.3) is 0 Å². The molecule has 0 aromatic heterocycles. The van der Waals surface area contributed by atoms with Gasteiger partial charge in [-0.15, -0.1) is 0 Å². The Bertz CT molecular complexity index is 527. The van der Waals surface area contributed by atoms with E-state index < -0.39 is 39.3 Å². The zero-order valence-corrected chi connectivity index (χ0v) is 9.68. The lowest BCUT2D eigenvalue weighted by atomic mass is 10.3. The fourth-order valence-electron chi connectivity index (χ4n) is 1.04. The van der Waals surface area contributed by atoms with Crippen molar-refractivity contribution in [2.24, 2.45) is 0 Å². The van der Waals surface area contributed by atoms with Gasteiger partial charge in [-0.05, 0) is 18.2 Å². The number of nitrogen functional groups attached to an aromatic ring is 1. The molecular weight excluding hydrogens is 278 g/mol. The van der Waals surface area contributed by atoms with Gasteiger partial charge >= 0.3 is 6.18 Å². The van der Waals surface area contributed by atoms with Crippen molar-refractivity contribution < 1.29 is 30.7 Å². The lowest BCUT2D eigenvalue weighted by Crippen LogP contribution is -2.20. The van der Waals surface area contributed by atoms with E-state index in [0.717, 1.165) is 12.1 Å². The summed E-state index contributed by atoms with van der Waals surface area (Å²) in [5.41, 5.74) is 4.88. The van der Waals surface area contributed by atoms with Crippen LogP contribution in [0.2, 0.25) is 0 Å². The van der Waals surface area contributed by atoms with E-state index >= 15 is 0 Å². The van der Waals surface area contributed by atoms with Crippen molar-refractivity contribution >= 4 is 15.5 Å². The molecule has 0 aliphatic rings. The van der Waals surface area contributed by atoms with E-state index in [0.29, 0.717) is 6.07 Å². The highest BCUT2D eigenvalue weighted by molar-refractivity contribution is 7.91. The van der Waals surface area contributed by atoms with Crippen LogP contribution in [0.15, 0.2) is 23.1 Å². The van der Waals surface area contributed by atoms with Gasteiger partial charge < -0.3 is 10.5 Å². The van der Waals surface area contributed by atoms with Crippen LogP contribution in [0.3, 0.4) is 0 Å². The molecule has 1 aromatic rings. The minimum absolute atomic E-state index is 0.259. The molecular formula is C9H9F4NO3S. The fraction of sp³-hybridized carbons (Fsp3) is 0.333. The van der Waals surface area contributed by atoms with E-state index in [2.05, 4.69) is 4.74 Å². The van der Waals surface area contributed by atoms with Crippen molar-refractivity contribution in [3.05, 3.63) is 24.0 Å². The van der Waals surface area contributed by atoms with Gasteiger partial charge in [0.15, 0.2) is 5.94 Å². The summed E-state index contributed by atoms with van der Waals surface area (Å²) in [6.07, 6.45) is -4.62. The number of nitrogens with two attached hydrogens (primary N) is 1. The first-order chi connectivity index (χ1) is 8.12. The summed E-state index contributed by atoms with van der Waals surface area (Å²) in [6, 6.07) is 2.62. The van der Waals surface area contributed by atoms with Crippen molar-refractivity contribution in [2.45, 2.75) is 11.1 Å². The molecule has 0 amide bonds. The van der Waals surface area contributed by atoms with Crippen molar-refractivity contribution in [1.82, 2.24) is 0 Å². The Morgan fingerprint density at radius 1 is 1.28 bits per heavy atom. The maximum Gasteiger partial charge on any atom is 0.411 e. The summed E-state index contributed by atoms with van der Waals surface area (Å²) >= 11 is 0. The average Bonchev–Trinajstić information content (AvgIpc) is 2.19. The SMILES string of the molecule is Nc1ccc(S(=O)(=O)COCC(F)(F)F)cc1F. The van der Waals surface area contributed by atoms with Crippen LogP contribution in [0, 0.1) is 5.82 Å². The summed E-state index contributed by atoms with van der Waals surface area (Å²) in [6.45, 7) is -1.69. The summed E-state index contributed by atoms with van der Waals surface area (Å²) in [5.74, 6) is -2.15. The smallest absolute Gasteiger partial charge is 0.396 e. The molecule has 9 heteroatoms. The van der Waals surface area contributed by atoms with Gasteiger partial charge in [-0.3, -0.25) is 0 Å². The van der Waals surface area contributed by atoms with E-state index in [1.54, 1.807) is 0 Å². The zero-order chi connectivity index (χ0) is 14.0. The number of alkyl halides is 3. The molecule has 0 saturated heterocycles. The molecule has 2 N–H and O–H groups in total. The Hall–Kier alpha value is -1.35. The highest BCUT2D eigenvalue weighted by Crippen LogP contribution is 2.19. The van der Waals surface area contributed by atoms with Crippen LogP contribution in [0.25, 0.3) is 0 Å². The topological polar surface area (TPSA) is 69.4 Å². The number of halogens is 4. The molecule has 0 bridgehead atoms. The highest BCUT2D eigenvalue weighted by atomic mass is 32.2. The first-order valence-electron chi connectivity index (χ1n) is 4.54. The van der Waals surface area contributed by atoms with Crippen LogP contribution in [0.4, 0.5) is 23.2 Å². The average molecular weight is 287 g/mol. The third-order valence-electron chi connectivity index (χ3n) is 1.84. The minimum Gasteiger partial charge on any atom is -0.396 e. The Morgan fingerprint density at radius 3 is 2.39 bits per heavy atom. The molecule has 0 unspecified atom stereocenters. The maximum absolute atomic E-state index is 13.0. The largest absolute Gasteiger partial charge is 0.411 e. The molecule has 1 rings (SSSR count). The fourth-order valence-corrected chi connectivity index (χ4v) is 2.03. The van der Waals surface area contributed by atoms with Crippen molar-refractivity contribution in [2.75, 3.05) is 18.3 Å². The molecule has 0 aliphatic carbocycles. The van der Waals surface area contributed by atoms with Crippen molar-refractivity contribution in [3.63, 3.8) is 0 Å². The van der Waals surface area contributed by atoms with Crippen LogP contribution in [0.5, 0.6) is 0 Å². The third kappa shape index (κ3) is 4.15. The molecule has 1 aromatic carbocycles. The Kier molecular flexibility index (Phi) is 4.17. The second-order valence-electron chi connectivity index (χ2n) is 3.38. The van der Waals surface area contributed by atoms with Gasteiger partial charge in [-0.1, -0.05) is 0 Å². The molecule has 0 saturated carbocycles. The number of hydrogen-bond donors (Lipinski definition) is 1. The second-order valence-corrected chi connectivity index (χ2v) is 5.32. The van der Waals surface area contributed by atoms with E-state index in [4.69, 9.17) is 5.73 Å². The van der Waals surface area contributed by atoms with Crippen LogP contribution in [0.1, 0.15) is 0 Å². The highest BCUT2D eigenvalue weighted by Gasteiger charge is 2.29. The van der Waals surface area contributed by atoms with Crippen LogP contribution in [-0.4, -0.2) is 27.1 Å². The van der Waals surface area contributed by atoms with Crippen LogP contribution < -0.4 is 5.73 Å². The third-order valence-corrected chi connectivity index (χ3v) is 3.28. The van der Waals surface area contributed by atoms with Crippen molar-refractivity contribution in [3.8, 4) is 0 Å². The van der Waals surface area contributed by atoms with E-state index in [1.807, 2.05) is 0 Å². The van der Waals surface area contributed by atoms with Crippen molar-refractivity contribution in [1.29, 1.82) is 0 Å².